The molecule has 2 saturated heterocycles. The van der Waals surface area contributed by atoms with E-state index in [9.17, 15) is 0 Å². The largest absolute Gasteiger partial charge is 0.357 e. The number of hydrogen-bond acceptors (Lipinski definition) is 2. The van der Waals surface area contributed by atoms with Crippen LogP contribution >= 0.6 is 0 Å². The summed E-state index contributed by atoms with van der Waals surface area (Å²) in [6.07, 6.45) is 3.98. The minimum atomic E-state index is 0.755. The van der Waals surface area contributed by atoms with E-state index < -0.39 is 0 Å². The highest BCUT2D eigenvalue weighted by atomic mass is 15.3. The van der Waals surface area contributed by atoms with Gasteiger partial charge < -0.3 is 15.1 Å². The van der Waals surface area contributed by atoms with Crippen molar-refractivity contribution in [2.45, 2.75) is 40.0 Å². The molecule has 2 fully saturated rings. The molecule has 1 N–H and O–H groups in total. The Kier molecular flexibility index (Phi) is 6.14. The van der Waals surface area contributed by atoms with Crippen LogP contribution in [-0.2, 0) is 0 Å². The number of likely N-dealkylation sites (tertiary alicyclic amines) is 2. The summed E-state index contributed by atoms with van der Waals surface area (Å²) in [7, 11) is 0. The van der Waals surface area contributed by atoms with E-state index in [1.807, 2.05) is 0 Å². The molecule has 116 valence electrons. The van der Waals surface area contributed by atoms with Gasteiger partial charge in [-0.25, -0.2) is 0 Å². The molecule has 0 aromatic rings. The van der Waals surface area contributed by atoms with E-state index in [0.29, 0.717) is 0 Å². The number of hydrogen-bond donors (Lipinski definition) is 1. The van der Waals surface area contributed by atoms with Gasteiger partial charge in [-0.15, -0.1) is 0 Å². The van der Waals surface area contributed by atoms with Gasteiger partial charge in [0.15, 0.2) is 5.96 Å². The lowest BCUT2D eigenvalue weighted by molar-refractivity contribution is 0.265. The Morgan fingerprint density at radius 3 is 2.70 bits per heavy atom. The first-order valence-electron chi connectivity index (χ1n) is 8.48. The summed E-state index contributed by atoms with van der Waals surface area (Å²) >= 11 is 0. The van der Waals surface area contributed by atoms with E-state index in [-0.39, 0.29) is 0 Å². The third-order valence-electron chi connectivity index (χ3n) is 4.61. The fourth-order valence-corrected chi connectivity index (χ4v) is 3.37. The van der Waals surface area contributed by atoms with Crippen molar-refractivity contribution in [3.63, 3.8) is 0 Å². The van der Waals surface area contributed by atoms with Crippen LogP contribution in [0.1, 0.15) is 40.0 Å². The van der Waals surface area contributed by atoms with Crippen molar-refractivity contribution < 1.29 is 0 Å². The van der Waals surface area contributed by atoms with Gasteiger partial charge >= 0.3 is 0 Å². The van der Waals surface area contributed by atoms with E-state index in [1.54, 1.807) is 0 Å². The highest BCUT2D eigenvalue weighted by Gasteiger charge is 2.22. The van der Waals surface area contributed by atoms with Crippen molar-refractivity contribution in [1.29, 1.82) is 0 Å². The fraction of sp³-hybridized carbons (Fsp3) is 0.938. The molecule has 2 atom stereocenters. The van der Waals surface area contributed by atoms with Crippen LogP contribution in [0.15, 0.2) is 4.99 Å². The Morgan fingerprint density at radius 2 is 2.05 bits per heavy atom. The Bertz CT molecular complexity index is 316. The molecule has 4 heteroatoms. The van der Waals surface area contributed by atoms with Gasteiger partial charge in [-0.2, -0.15) is 0 Å². The van der Waals surface area contributed by atoms with Gasteiger partial charge in [-0.3, -0.25) is 4.99 Å². The predicted molar refractivity (Wildman–Crippen MR) is 86.2 cm³/mol. The van der Waals surface area contributed by atoms with Crippen molar-refractivity contribution in [2.75, 3.05) is 45.8 Å². The van der Waals surface area contributed by atoms with E-state index in [4.69, 9.17) is 4.99 Å². The van der Waals surface area contributed by atoms with Crippen molar-refractivity contribution in [1.82, 2.24) is 15.1 Å². The monoisotopic (exact) mass is 280 g/mol. The lowest BCUT2D eigenvalue weighted by Crippen LogP contribution is -2.46. The number of nitrogens with zero attached hydrogens (tertiary/aromatic N) is 3. The van der Waals surface area contributed by atoms with Gasteiger partial charge in [-0.1, -0.05) is 13.8 Å². The van der Waals surface area contributed by atoms with Crippen LogP contribution < -0.4 is 5.32 Å². The molecule has 0 amide bonds. The van der Waals surface area contributed by atoms with Crippen molar-refractivity contribution in [3.05, 3.63) is 0 Å². The highest BCUT2D eigenvalue weighted by molar-refractivity contribution is 5.80. The molecule has 0 saturated carbocycles. The lowest BCUT2D eigenvalue weighted by atomic mass is 10.0. The molecule has 0 aromatic heterocycles. The Labute approximate surface area is 124 Å². The van der Waals surface area contributed by atoms with Crippen molar-refractivity contribution in [2.24, 2.45) is 16.8 Å². The third-order valence-corrected chi connectivity index (χ3v) is 4.61. The van der Waals surface area contributed by atoms with Gasteiger partial charge in [-0.05, 0) is 51.1 Å². The lowest BCUT2D eigenvalue weighted by Gasteiger charge is -2.33. The van der Waals surface area contributed by atoms with Crippen LogP contribution in [0, 0.1) is 11.8 Å². The van der Waals surface area contributed by atoms with Crippen molar-refractivity contribution in [3.8, 4) is 0 Å². The number of rotatable bonds is 4. The molecule has 0 radical (unpaired) electrons. The van der Waals surface area contributed by atoms with Crippen LogP contribution in [0.25, 0.3) is 0 Å². The fourth-order valence-electron chi connectivity index (χ4n) is 3.37. The molecule has 0 spiro atoms. The molecule has 2 unspecified atom stereocenters. The summed E-state index contributed by atoms with van der Waals surface area (Å²) in [5.41, 5.74) is 0. The first kappa shape index (κ1) is 15.6. The second-order valence-corrected chi connectivity index (χ2v) is 6.44. The Hall–Kier alpha value is -0.770. The molecule has 0 bridgehead atoms. The molecule has 0 aliphatic carbocycles. The minimum Gasteiger partial charge on any atom is -0.357 e. The van der Waals surface area contributed by atoms with E-state index in [0.717, 1.165) is 37.4 Å². The van der Waals surface area contributed by atoms with Gasteiger partial charge in [0.1, 0.15) is 0 Å². The molecule has 4 nitrogen and oxygen atoms in total. The quantitative estimate of drug-likeness (QED) is 0.631. The van der Waals surface area contributed by atoms with Gasteiger partial charge in [0.25, 0.3) is 0 Å². The summed E-state index contributed by atoms with van der Waals surface area (Å²) in [5.74, 6) is 2.70. The minimum absolute atomic E-state index is 0.755. The number of piperidine rings is 1. The third kappa shape index (κ3) is 4.37. The summed E-state index contributed by atoms with van der Waals surface area (Å²) in [4.78, 5) is 9.93. The molecule has 2 rings (SSSR count). The predicted octanol–water partition coefficient (Wildman–Crippen LogP) is 2.03. The normalized spacial score (nSPS) is 28.9. The average Bonchev–Trinajstić information content (AvgIpc) is 2.91. The topological polar surface area (TPSA) is 30.9 Å². The summed E-state index contributed by atoms with van der Waals surface area (Å²) in [6.45, 7) is 14.7. The van der Waals surface area contributed by atoms with Gasteiger partial charge in [0, 0.05) is 32.7 Å². The van der Waals surface area contributed by atoms with E-state index in [1.165, 1.54) is 45.4 Å². The van der Waals surface area contributed by atoms with Crippen LogP contribution in [0.2, 0.25) is 0 Å². The standard InChI is InChI=1S/C16H32N4/c1-4-17-16(20-9-6-7-14(3)12-20)18-11-15-8-10-19(5-2)13-15/h14-15H,4-13H2,1-3H3,(H,17,18). The maximum Gasteiger partial charge on any atom is 0.193 e. The zero-order valence-electron chi connectivity index (χ0n) is 13.6. The van der Waals surface area contributed by atoms with Gasteiger partial charge in [0.2, 0.25) is 0 Å². The van der Waals surface area contributed by atoms with Gasteiger partial charge in [0.05, 0.1) is 0 Å². The highest BCUT2D eigenvalue weighted by Crippen LogP contribution is 2.18. The van der Waals surface area contributed by atoms with Crippen LogP contribution in [-0.4, -0.2) is 61.6 Å². The molecule has 20 heavy (non-hydrogen) atoms. The maximum absolute atomic E-state index is 4.93. The van der Waals surface area contributed by atoms with Crippen LogP contribution in [0.5, 0.6) is 0 Å². The Morgan fingerprint density at radius 1 is 1.20 bits per heavy atom. The van der Waals surface area contributed by atoms with E-state index in [2.05, 4.69) is 35.9 Å². The number of guanidine groups is 1. The summed E-state index contributed by atoms with van der Waals surface area (Å²) < 4.78 is 0. The molecule has 2 aliphatic rings. The van der Waals surface area contributed by atoms with Crippen molar-refractivity contribution >= 4 is 5.96 Å². The van der Waals surface area contributed by atoms with Crippen LogP contribution in [0.4, 0.5) is 0 Å². The molecule has 0 aromatic carbocycles. The Balaban J connectivity index is 1.88. The van der Waals surface area contributed by atoms with E-state index >= 15 is 0 Å². The molecular formula is C16H32N4. The summed E-state index contributed by atoms with van der Waals surface area (Å²) in [6, 6.07) is 0. The smallest absolute Gasteiger partial charge is 0.193 e. The number of nitrogens with one attached hydrogen (secondary N) is 1. The number of aliphatic imine (C=N–C) groups is 1. The molecule has 2 aliphatic heterocycles. The maximum atomic E-state index is 4.93. The second kappa shape index (κ2) is 7.87. The zero-order valence-corrected chi connectivity index (χ0v) is 13.6. The molecule has 2 heterocycles. The first-order valence-corrected chi connectivity index (χ1v) is 8.48. The SMILES string of the molecule is CCNC(=NCC1CCN(CC)C1)N1CCCC(C)C1. The molecular weight excluding hydrogens is 248 g/mol. The average molecular weight is 280 g/mol. The summed E-state index contributed by atoms with van der Waals surface area (Å²) in [5, 5.41) is 3.48. The second-order valence-electron chi connectivity index (χ2n) is 6.44. The first-order chi connectivity index (χ1) is 9.72. The van der Waals surface area contributed by atoms with Crippen LogP contribution in [0.3, 0.4) is 0 Å². The zero-order chi connectivity index (χ0) is 14.4.